The maximum atomic E-state index is 12.6. The molecule has 2 unspecified atom stereocenters. The number of ether oxygens (including phenoxy) is 2. The molecule has 0 aliphatic carbocycles. The second-order valence-corrected chi connectivity index (χ2v) is 7.96. The molecule has 1 aliphatic heterocycles. The average Bonchev–Trinajstić information content (AvgIpc) is 2.62. The first kappa shape index (κ1) is 19.9. The van der Waals surface area contributed by atoms with E-state index < -0.39 is 22.0 Å². The Labute approximate surface area is 153 Å². The highest BCUT2D eigenvalue weighted by atomic mass is 32.2. The Kier molecular flexibility index (Phi) is 8.39. The van der Waals surface area contributed by atoms with Crippen LogP contribution >= 0.6 is 0 Å². The van der Waals surface area contributed by atoms with E-state index in [1.807, 2.05) is 25.1 Å². The molecule has 1 fully saturated rings. The first-order valence-corrected chi connectivity index (χ1v) is 9.88. The molecule has 0 amide bonds. The molecule has 1 aliphatic rings. The number of nitrogens with zero attached hydrogens (tertiary/aromatic N) is 2. The number of allylic oxidation sites excluding steroid dienone is 4. The van der Waals surface area contributed by atoms with Crippen LogP contribution in [0.3, 0.4) is 0 Å². The van der Waals surface area contributed by atoms with Crippen molar-refractivity contribution in [3.63, 3.8) is 0 Å². The van der Waals surface area contributed by atoms with Crippen LogP contribution in [-0.2, 0) is 31.4 Å². The smallest absolute Gasteiger partial charge is 0.131 e. The van der Waals surface area contributed by atoms with E-state index in [9.17, 15) is 8.42 Å². The summed E-state index contributed by atoms with van der Waals surface area (Å²) >= 11 is 0. The molecular formula is C17H22N2O4S2. The summed E-state index contributed by atoms with van der Waals surface area (Å²) in [4.78, 5) is 1.32. The standard InChI is InChI=1S/C17H22N2O4S2/c1-3-5-9-16(4-2)24(20)18-12-22-14-19(15-23-13-18)25(21)17-10-7-6-8-11-17/h3-11H,1,12-15H2,2H3/b9-5-,16-4+. The van der Waals surface area contributed by atoms with Gasteiger partial charge in [-0.3, -0.25) is 0 Å². The zero-order valence-corrected chi connectivity index (χ0v) is 15.7. The van der Waals surface area contributed by atoms with Crippen molar-refractivity contribution >= 4 is 22.0 Å². The van der Waals surface area contributed by atoms with Crippen molar-refractivity contribution in [2.24, 2.45) is 0 Å². The normalized spacial score (nSPS) is 20.8. The van der Waals surface area contributed by atoms with Gasteiger partial charge in [0.1, 0.15) is 48.9 Å². The van der Waals surface area contributed by atoms with Gasteiger partial charge in [0.2, 0.25) is 0 Å². The van der Waals surface area contributed by atoms with Crippen LogP contribution < -0.4 is 0 Å². The molecule has 136 valence electrons. The Morgan fingerprint density at radius 2 is 1.68 bits per heavy atom. The van der Waals surface area contributed by atoms with Gasteiger partial charge in [-0.05, 0) is 25.1 Å². The lowest BCUT2D eigenvalue weighted by Gasteiger charge is -2.28. The van der Waals surface area contributed by atoms with E-state index in [2.05, 4.69) is 6.58 Å². The summed E-state index contributed by atoms with van der Waals surface area (Å²) in [5.74, 6) is 0. The second kappa shape index (κ2) is 10.5. The quantitative estimate of drug-likeness (QED) is 0.710. The summed E-state index contributed by atoms with van der Waals surface area (Å²) in [6.07, 6.45) is 6.85. The molecule has 0 spiro atoms. The molecule has 2 rings (SSSR count). The first-order valence-electron chi connectivity index (χ1n) is 7.67. The van der Waals surface area contributed by atoms with Crippen molar-refractivity contribution in [3.8, 4) is 0 Å². The molecule has 1 heterocycles. The minimum Gasteiger partial charge on any atom is -0.349 e. The van der Waals surface area contributed by atoms with Crippen molar-refractivity contribution < 1.29 is 17.9 Å². The lowest BCUT2D eigenvalue weighted by Crippen LogP contribution is -2.41. The van der Waals surface area contributed by atoms with Gasteiger partial charge in [0.25, 0.3) is 0 Å². The fourth-order valence-corrected chi connectivity index (χ4v) is 4.07. The van der Waals surface area contributed by atoms with Gasteiger partial charge in [-0.25, -0.2) is 8.42 Å². The fraction of sp³-hybridized carbons (Fsp3) is 0.294. The van der Waals surface area contributed by atoms with Gasteiger partial charge in [-0.1, -0.05) is 43.0 Å². The summed E-state index contributed by atoms with van der Waals surface area (Å²) in [7, 11) is -2.78. The van der Waals surface area contributed by atoms with Crippen LogP contribution in [0.4, 0.5) is 0 Å². The van der Waals surface area contributed by atoms with Gasteiger partial charge in [0.05, 0.1) is 9.80 Å². The predicted molar refractivity (Wildman–Crippen MR) is 99.4 cm³/mol. The van der Waals surface area contributed by atoms with Crippen molar-refractivity contribution in [2.75, 3.05) is 26.9 Å². The first-order chi connectivity index (χ1) is 12.2. The summed E-state index contributed by atoms with van der Waals surface area (Å²) in [5, 5.41) is 0. The molecule has 0 radical (unpaired) electrons. The fourth-order valence-electron chi connectivity index (χ4n) is 2.01. The topological polar surface area (TPSA) is 59.1 Å². The molecule has 6 nitrogen and oxygen atoms in total. The molecule has 0 saturated carbocycles. The Morgan fingerprint density at radius 3 is 2.24 bits per heavy atom. The van der Waals surface area contributed by atoms with E-state index in [1.165, 1.54) is 0 Å². The van der Waals surface area contributed by atoms with Crippen LogP contribution in [0.25, 0.3) is 0 Å². The average molecular weight is 383 g/mol. The molecule has 0 aromatic heterocycles. The van der Waals surface area contributed by atoms with Gasteiger partial charge in [-0.2, -0.15) is 8.61 Å². The van der Waals surface area contributed by atoms with Gasteiger partial charge in [-0.15, -0.1) is 0 Å². The zero-order chi connectivity index (χ0) is 18.1. The van der Waals surface area contributed by atoms with Crippen molar-refractivity contribution in [2.45, 2.75) is 11.8 Å². The minimum absolute atomic E-state index is 0.106. The second-order valence-electron chi connectivity index (χ2n) is 4.99. The molecule has 0 N–H and O–H groups in total. The van der Waals surface area contributed by atoms with Crippen molar-refractivity contribution in [3.05, 3.63) is 66.1 Å². The molecule has 1 saturated heterocycles. The van der Waals surface area contributed by atoms with E-state index in [1.54, 1.807) is 45.0 Å². The molecular weight excluding hydrogens is 360 g/mol. The van der Waals surface area contributed by atoms with E-state index >= 15 is 0 Å². The van der Waals surface area contributed by atoms with Gasteiger partial charge in [0.15, 0.2) is 0 Å². The monoisotopic (exact) mass is 382 g/mol. The zero-order valence-electron chi connectivity index (χ0n) is 14.1. The molecule has 1 aromatic rings. The van der Waals surface area contributed by atoms with Crippen LogP contribution in [0.15, 0.2) is 71.0 Å². The Bertz CT molecular complexity index is 666. The van der Waals surface area contributed by atoms with Gasteiger partial charge >= 0.3 is 0 Å². The third-order valence-corrected chi connectivity index (χ3v) is 6.05. The lowest BCUT2D eigenvalue weighted by atomic mass is 10.4. The maximum Gasteiger partial charge on any atom is 0.131 e. The Balaban J connectivity index is 1.96. The Morgan fingerprint density at radius 1 is 1.08 bits per heavy atom. The van der Waals surface area contributed by atoms with Crippen LogP contribution in [0, 0.1) is 0 Å². The van der Waals surface area contributed by atoms with E-state index in [0.717, 1.165) is 0 Å². The van der Waals surface area contributed by atoms with Crippen molar-refractivity contribution in [1.82, 2.24) is 8.61 Å². The van der Waals surface area contributed by atoms with E-state index in [4.69, 9.17) is 9.47 Å². The summed E-state index contributed by atoms with van der Waals surface area (Å²) in [6.45, 7) is 5.86. The van der Waals surface area contributed by atoms with E-state index in [0.29, 0.717) is 9.80 Å². The molecule has 2 atom stereocenters. The summed E-state index contributed by atoms with van der Waals surface area (Å²) in [6, 6.07) is 9.12. The highest BCUT2D eigenvalue weighted by molar-refractivity contribution is 7.86. The van der Waals surface area contributed by atoms with Gasteiger partial charge in [0, 0.05) is 0 Å². The molecule has 8 heteroatoms. The van der Waals surface area contributed by atoms with Crippen LogP contribution in [-0.4, -0.2) is 44.0 Å². The molecule has 25 heavy (non-hydrogen) atoms. The highest BCUT2D eigenvalue weighted by Crippen LogP contribution is 2.15. The largest absolute Gasteiger partial charge is 0.349 e. The molecule has 0 bridgehead atoms. The summed E-state index contributed by atoms with van der Waals surface area (Å²) < 4.78 is 39.4. The van der Waals surface area contributed by atoms with Crippen LogP contribution in [0.2, 0.25) is 0 Å². The van der Waals surface area contributed by atoms with E-state index in [-0.39, 0.29) is 26.9 Å². The summed E-state index contributed by atoms with van der Waals surface area (Å²) in [5.41, 5.74) is 0. The van der Waals surface area contributed by atoms with Crippen LogP contribution in [0.1, 0.15) is 6.92 Å². The third kappa shape index (κ3) is 5.81. The maximum absolute atomic E-state index is 12.6. The number of hydrogen-bond donors (Lipinski definition) is 0. The number of benzene rings is 1. The molecule has 1 aromatic carbocycles. The number of rotatable bonds is 6. The SMILES string of the molecule is C=C/C=C\C(=C/C)S(=O)N1COCN(S(=O)c2ccccc2)COC1. The number of hydrogen-bond acceptors (Lipinski definition) is 4. The van der Waals surface area contributed by atoms with Gasteiger partial charge < -0.3 is 9.47 Å². The van der Waals surface area contributed by atoms with Crippen LogP contribution in [0.5, 0.6) is 0 Å². The third-order valence-electron chi connectivity index (χ3n) is 3.24. The minimum atomic E-state index is -1.41. The van der Waals surface area contributed by atoms with Crippen molar-refractivity contribution in [1.29, 1.82) is 0 Å². The highest BCUT2D eigenvalue weighted by Gasteiger charge is 2.22. The predicted octanol–water partition coefficient (Wildman–Crippen LogP) is 2.50. The lowest BCUT2D eigenvalue weighted by molar-refractivity contribution is -0.0843. The Hall–Kier alpha value is -1.42.